The molecule has 0 heterocycles. The molecule has 0 saturated carbocycles. The molecule has 0 aromatic heterocycles. The molecule has 0 aliphatic heterocycles. The van der Waals surface area contributed by atoms with Crippen LogP contribution in [0.15, 0.2) is 29.4 Å². The SMILES string of the molecule is CCCCCCCCc1ccc(/C(N)=N/O)cc1. The van der Waals surface area contributed by atoms with Crippen LogP contribution in [0.3, 0.4) is 0 Å². The number of hydrogen-bond acceptors (Lipinski definition) is 2. The van der Waals surface area contributed by atoms with Gasteiger partial charge in [0.1, 0.15) is 0 Å². The fourth-order valence-corrected chi connectivity index (χ4v) is 2.01. The molecular weight excluding hydrogens is 224 g/mol. The number of nitrogens with zero attached hydrogens (tertiary/aromatic N) is 1. The molecule has 0 bridgehead atoms. The van der Waals surface area contributed by atoms with Crippen LogP contribution in [0.4, 0.5) is 0 Å². The first kappa shape index (κ1) is 14.6. The van der Waals surface area contributed by atoms with E-state index in [0.717, 1.165) is 12.0 Å². The summed E-state index contributed by atoms with van der Waals surface area (Å²) in [5.74, 6) is 0.168. The standard InChI is InChI=1S/C15H24N2O/c1-2-3-4-5-6-7-8-13-9-11-14(12-10-13)15(16)17-18/h9-12,18H,2-8H2,1H3,(H2,16,17). The third-order valence-corrected chi connectivity index (χ3v) is 3.18. The molecule has 1 aromatic carbocycles. The maximum Gasteiger partial charge on any atom is 0.170 e. The van der Waals surface area contributed by atoms with Gasteiger partial charge in [0.15, 0.2) is 5.84 Å². The smallest absolute Gasteiger partial charge is 0.170 e. The van der Waals surface area contributed by atoms with Crippen LogP contribution in [0.1, 0.15) is 56.6 Å². The van der Waals surface area contributed by atoms with E-state index in [9.17, 15) is 0 Å². The second-order valence-electron chi connectivity index (χ2n) is 4.70. The summed E-state index contributed by atoms with van der Waals surface area (Å²) in [7, 11) is 0. The van der Waals surface area contributed by atoms with Crippen molar-refractivity contribution in [2.75, 3.05) is 0 Å². The zero-order valence-electron chi connectivity index (χ0n) is 11.2. The number of oxime groups is 1. The van der Waals surface area contributed by atoms with Crippen LogP contribution < -0.4 is 5.73 Å². The Morgan fingerprint density at radius 2 is 1.67 bits per heavy atom. The molecule has 0 aliphatic rings. The van der Waals surface area contributed by atoms with E-state index < -0.39 is 0 Å². The van der Waals surface area contributed by atoms with Crippen molar-refractivity contribution in [2.45, 2.75) is 51.9 Å². The lowest BCUT2D eigenvalue weighted by Crippen LogP contribution is -2.12. The second-order valence-corrected chi connectivity index (χ2v) is 4.70. The molecular formula is C15H24N2O. The Morgan fingerprint density at radius 1 is 1.06 bits per heavy atom. The fraction of sp³-hybridized carbons (Fsp3) is 0.533. The van der Waals surface area contributed by atoms with Crippen molar-refractivity contribution in [3.63, 3.8) is 0 Å². The molecule has 0 saturated heterocycles. The molecule has 1 rings (SSSR count). The maximum atomic E-state index is 8.56. The van der Waals surface area contributed by atoms with Crippen molar-refractivity contribution < 1.29 is 5.21 Å². The lowest BCUT2D eigenvalue weighted by molar-refractivity contribution is 0.318. The Morgan fingerprint density at radius 3 is 2.28 bits per heavy atom. The first-order valence-electron chi connectivity index (χ1n) is 6.84. The van der Waals surface area contributed by atoms with Gasteiger partial charge in [0.25, 0.3) is 0 Å². The van der Waals surface area contributed by atoms with Crippen LogP contribution in [0.2, 0.25) is 0 Å². The van der Waals surface area contributed by atoms with Gasteiger partial charge in [-0.1, -0.05) is 68.4 Å². The number of benzene rings is 1. The van der Waals surface area contributed by atoms with Crippen molar-refractivity contribution >= 4 is 5.84 Å². The molecule has 0 aliphatic carbocycles. The van der Waals surface area contributed by atoms with E-state index in [0.29, 0.717) is 0 Å². The highest BCUT2D eigenvalue weighted by atomic mass is 16.4. The quantitative estimate of drug-likeness (QED) is 0.242. The molecule has 3 heteroatoms. The number of rotatable bonds is 8. The van der Waals surface area contributed by atoms with Crippen LogP contribution in [0, 0.1) is 0 Å². The number of nitrogens with two attached hydrogens (primary N) is 1. The molecule has 0 radical (unpaired) electrons. The monoisotopic (exact) mass is 248 g/mol. The highest BCUT2D eigenvalue weighted by molar-refractivity contribution is 5.96. The van der Waals surface area contributed by atoms with Crippen molar-refractivity contribution in [1.29, 1.82) is 0 Å². The summed E-state index contributed by atoms with van der Waals surface area (Å²) in [5.41, 5.74) is 7.60. The average molecular weight is 248 g/mol. The van der Waals surface area contributed by atoms with Gasteiger partial charge in [0, 0.05) is 5.56 Å². The van der Waals surface area contributed by atoms with Gasteiger partial charge < -0.3 is 10.9 Å². The van der Waals surface area contributed by atoms with Gasteiger partial charge >= 0.3 is 0 Å². The van der Waals surface area contributed by atoms with E-state index in [1.54, 1.807) is 0 Å². The number of amidine groups is 1. The second kappa shape index (κ2) is 8.56. The first-order chi connectivity index (χ1) is 8.77. The molecule has 3 N–H and O–H groups in total. The molecule has 3 nitrogen and oxygen atoms in total. The zero-order chi connectivity index (χ0) is 13.2. The van der Waals surface area contributed by atoms with E-state index in [1.807, 2.05) is 12.1 Å². The lowest BCUT2D eigenvalue weighted by Gasteiger charge is -2.03. The van der Waals surface area contributed by atoms with Gasteiger partial charge in [0.2, 0.25) is 0 Å². The van der Waals surface area contributed by atoms with Gasteiger partial charge in [-0.25, -0.2) is 0 Å². The Hall–Kier alpha value is -1.51. The summed E-state index contributed by atoms with van der Waals surface area (Å²) in [4.78, 5) is 0. The minimum Gasteiger partial charge on any atom is -0.409 e. The highest BCUT2D eigenvalue weighted by Crippen LogP contribution is 2.11. The summed E-state index contributed by atoms with van der Waals surface area (Å²) in [6, 6.07) is 7.92. The minimum absolute atomic E-state index is 0.168. The van der Waals surface area contributed by atoms with Gasteiger partial charge in [-0.05, 0) is 18.4 Å². The van der Waals surface area contributed by atoms with Gasteiger partial charge in [-0.15, -0.1) is 0 Å². The van der Waals surface area contributed by atoms with Crippen LogP contribution in [-0.4, -0.2) is 11.0 Å². The lowest BCUT2D eigenvalue weighted by atomic mass is 10.0. The number of aryl methyl sites for hydroxylation is 1. The largest absolute Gasteiger partial charge is 0.409 e. The van der Waals surface area contributed by atoms with Crippen molar-refractivity contribution in [2.24, 2.45) is 10.9 Å². The topological polar surface area (TPSA) is 58.6 Å². The Bertz CT molecular complexity index is 357. The molecule has 0 fully saturated rings. The zero-order valence-corrected chi connectivity index (χ0v) is 11.2. The van der Waals surface area contributed by atoms with Gasteiger partial charge in [-0.3, -0.25) is 0 Å². The van der Waals surface area contributed by atoms with Crippen molar-refractivity contribution in [3.8, 4) is 0 Å². The van der Waals surface area contributed by atoms with E-state index >= 15 is 0 Å². The fourth-order valence-electron chi connectivity index (χ4n) is 2.01. The van der Waals surface area contributed by atoms with Crippen LogP contribution in [0.5, 0.6) is 0 Å². The molecule has 0 unspecified atom stereocenters. The molecule has 0 spiro atoms. The Labute approximate surface area is 110 Å². The number of hydrogen-bond donors (Lipinski definition) is 2. The maximum absolute atomic E-state index is 8.56. The summed E-state index contributed by atoms with van der Waals surface area (Å²) in [6.45, 7) is 2.24. The number of unbranched alkanes of at least 4 members (excludes halogenated alkanes) is 5. The Kier molecular flexibility index (Phi) is 6.92. The molecule has 0 amide bonds. The molecule has 1 aromatic rings. The van der Waals surface area contributed by atoms with E-state index in [2.05, 4.69) is 24.2 Å². The van der Waals surface area contributed by atoms with Gasteiger partial charge in [-0.2, -0.15) is 0 Å². The van der Waals surface area contributed by atoms with Crippen LogP contribution in [-0.2, 0) is 6.42 Å². The van der Waals surface area contributed by atoms with Crippen molar-refractivity contribution in [1.82, 2.24) is 0 Å². The molecule has 0 atom stereocenters. The summed E-state index contributed by atoms with van der Waals surface area (Å²) >= 11 is 0. The van der Waals surface area contributed by atoms with E-state index in [4.69, 9.17) is 10.9 Å². The summed E-state index contributed by atoms with van der Waals surface area (Å²) in [6.07, 6.45) is 9.02. The Balaban J connectivity index is 2.27. The third kappa shape index (κ3) is 5.21. The highest BCUT2D eigenvalue weighted by Gasteiger charge is 1.99. The summed E-state index contributed by atoms with van der Waals surface area (Å²) in [5, 5.41) is 11.6. The van der Waals surface area contributed by atoms with Crippen LogP contribution in [0.25, 0.3) is 0 Å². The molecule has 100 valence electrons. The van der Waals surface area contributed by atoms with Crippen molar-refractivity contribution in [3.05, 3.63) is 35.4 Å². The first-order valence-corrected chi connectivity index (χ1v) is 6.84. The normalized spacial score (nSPS) is 11.7. The predicted molar refractivity (Wildman–Crippen MR) is 76.0 cm³/mol. The average Bonchev–Trinajstić information content (AvgIpc) is 2.42. The van der Waals surface area contributed by atoms with Crippen LogP contribution >= 0.6 is 0 Å². The van der Waals surface area contributed by atoms with Gasteiger partial charge in [0.05, 0.1) is 0 Å². The van der Waals surface area contributed by atoms with E-state index in [-0.39, 0.29) is 5.84 Å². The van der Waals surface area contributed by atoms with E-state index in [1.165, 1.54) is 44.1 Å². The third-order valence-electron chi connectivity index (χ3n) is 3.18. The molecule has 18 heavy (non-hydrogen) atoms. The summed E-state index contributed by atoms with van der Waals surface area (Å²) < 4.78 is 0. The minimum atomic E-state index is 0.168. The predicted octanol–water partition coefficient (Wildman–Crippen LogP) is 3.68.